The van der Waals surface area contributed by atoms with Gasteiger partial charge in [-0.2, -0.15) is 0 Å². The Labute approximate surface area is 132 Å². The van der Waals surface area contributed by atoms with E-state index in [1.807, 2.05) is 0 Å². The summed E-state index contributed by atoms with van der Waals surface area (Å²) in [6.45, 7) is 0.464. The maximum absolute atomic E-state index is 11.9. The van der Waals surface area contributed by atoms with Crippen molar-refractivity contribution >= 4 is 34.8 Å². The summed E-state index contributed by atoms with van der Waals surface area (Å²) in [6.07, 6.45) is 2.39. The molecule has 0 radical (unpaired) electrons. The van der Waals surface area contributed by atoms with Gasteiger partial charge in [0, 0.05) is 12.1 Å². The maximum Gasteiger partial charge on any atom is 0.291 e. The fourth-order valence-corrected chi connectivity index (χ4v) is 2.00. The van der Waals surface area contributed by atoms with E-state index in [1.165, 1.54) is 6.26 Å². The molecule has 2 amide bonds. The molecule has 4 N–H and O–H groups in total. The van der Waals surface area contributed by atoms with Gasteiger partial charge in [-0.25, -0.2) is 0 Å². The lowest BCUT2D eigenvalue weighted by atomic mass is 10.2. The molecule has 0 aliphatic rings. The second-order valence-corrected chi connectivity index (χ2v) is 4.97. The molecule has 1 aromatic carbocycles. The van der Waals surface area contributed by atoms with Crippen LogP contribution >= 0.6 is 11.6 Å². The van der Waals surface area contributed by atoms with Crippen LogP contribution in [0.3, 0.4) is 0 Å². The zero-order valence-electron chi connectivity index (χ0n) is 11.8. The first-order valence-electron chi connectivity index (χ1n) is 6.74. The SMILES string of the molecule is NCCCC(=O)Nc1ccc(NC(=O)c2ccco2)c(Cl)c1. The number of furan rings is 1. The summed E-state index contributed by atoms with van der Waals surface area (Å²) in [5.41, 5.74) is 6.34. The van der Waals surface area contributed by atoms with Gasteiger partial charge in [-0.15, -0.1) is 0 Å². The van der Waals surface area contributed by atoms with Crippen molar-refractivity contribution in [3.8, 4) is 0 Å². The van der Waals surface area contributed by atoms with Crippen LogP contribution in [0.1, 0.15) is 23.4 Å². The molecule has 7 heteroatoms. The van der Waals surface area contributed by atoms with E-state index in [1.54, 1.807) is 30.3 Å². The molecule has 0 saturated carbocycles. The summed E-state index contributed by atoms with van der Waals surface area (Å²) in [5.74, 6) is -0.337. The summed E-state index contributed by atoms with van der Waals surface area (Å²) in [5, 5.41) is 5.67. The molecule has 2 rings (SSSR count). The molecule has 0 bridgehead atoms. The van der Waals surface area contributed by atoms with Crippen molar-refractivity contribution in [2.75, 3.05) is 17.2 Å². The molecular weight excluding hydrogens is 306 g/mol. The zero-order chi connectivity index (χ0) is 15.9. The van der Waals surface area contributed by atoms with Crippen LogP contribution in [0.25, 0.3) is 0 Å². The molecule has 2 aromatic rings. The molecule has 0 atom stereocenters. The molecule has 22 heavy (non-hydrogen) atoms. The first kappa shape index (κ1) is 16.1. The fraction of sp³-hybridized carbons (Fsp3) is 0.200. The van der Waals surface area contributed by atoms with Gasteiger partial charge >= 0.3 is 0 Å². The van der Waals surface area contributed by atoms with Crippen LogP contribution in [0, 0.1) is 0 Å². The van der Waals surface area contributed by atoms with Crippen molar-refractivity contribution < 1.29 is 14.0 Å². The second kappa shape index (κ2) is 7.63. The molecule has 1 aromatic heterocycles. The largest absolute Gasteiger partial charge is 0.459 e. The second-order valence-electron chi connectivity index (χ2n) is 4.57. The van der Waals surface area contributed by atoms with Gasteiger partial charge in [-0.3, -0.25) is 9.59 Å². The van der Waals surface area contributed by atoms with E-state index in [9.17, 15) is 9.59 Å². The minimum atomic E-state index is -0.397. The molecule has 0 spiro atoms. The number of anilines is 2. The van der Waals surface area contributed by atoms with Crippen molar-refractivity contribution in [3.05, 3.63) is 47.4 Å². The predicted octanol–water partition coefficient (Wildman–Crippen LogP) is 2.86. The number of carbonyl (C=O) groups is 2. The average molecular weight is 322 g/mol. The molecule has 6 nitrogen and oxygen atoms in total. The third-order valence-corrected chi connectivity index (χ3v) is 3.17. The Bertz CT molecular complexity index is 656. The quantitative estimate of drug-likeness (QED) is 0.762. The molecule has 0 aliphatic carbocycles. The Kier molecular flexibility index (Phi) is 5.57. The number of nitrogens with one attached hydrogen (secondary N) is 2. The van der Waals surface area contributed by atoms with E-state index >= 15 is 0 Å². The molecule has 0 saturated heterocycles. The average Bonchev–Trinajstić information content (AvgIpc) is 3.02. The van der Waals surface area contributed by atoms with Crippen molar-refractivity contribution in [2.45, 2.75) is 12.8 Å². The van der Waals surface area contributed by atoms with Gasteiger partial charge in [0.05, 0.1) is 17.0 Å². The lowest BCUT2D eigenvalue weighted by molar-refractivity contribution is -0.116. The topological polar surface area (TPSA) is 97.4 Å². The highest BCUT2D eigenvalue weighted by molar-refractivity contribution is 6.34. The van der Waals surface area contributed by atoms with Crippen LogP contribution in [-0.4, -0.2) is 18.4 Å². The summed E-state index contributed by atoms with van der Waals surface area (Å²) in [4.78, 5) is 23.5. The van der Waals surface area contributed by atoms with E-state index in [-0.39, 0.29) is 11.7 Å². The third kappa shape index (κ3) is 4.34. The van der Waals surface area contributed by atoms with E-state index in [0.717, 1.165) is 0 Å². The summed E-state index contributed by atoms with van der Waals surface area (Å²) >= 11 is 6.11. The Morgan fingerprint density at radius 2 is 2.05 bits per heavy atom. The van der Waals surface area contributed by atoms with Crippen LogP contribution in [0.2, 0.25) is 5.02 Å². The number of hydrogen-bond acceptors (Lipinski definition) is 4. The van der Waals surface area contributed by atoms with Crippen molar-refractivity contribution in [2.24, 2.45) is 5.73 Å². The minimum Gasteiger partial charge on any atom is -0.459 e. The molecule has 1 heterocycles. The number of rotatable bonds is 6. The summed E-state index contributed by atoms with van der Waals surface area (Å²) < 4.78 is 5.00. The smallest absolute Gasteiger partial charge is 0.291 e. The Balaban J connectivity index is 2.00. The molecule has 0 unspecified atom stereocenters. The predicted molar refractivity (Wildman–Crippen MR) is 85.0 cm³/mol. The number of halogens is 1. The fourth-order valence-electron chi connectivity index (χ4n) is 1.77. The highest BCUT2D eigenvalue weighted by Gasteiger charge is 2.11. The van der Waals surface area contributed by atoms with Crippen LogP contribution in [0.15, 0.2) is 41.0 Å². The van der Waals surface area contributed by atoms with Crippen LogP contribution in [-0.2, 0) is 4.79 Å². The number of hydrogen-bond donors (Lipinski definition) is 3. The van der Waals surface area contributed by atoms with Crippen molar-refractivity contribution in [1.29, 1.82) is 0 Å². The van der Waals surface area contributed by atoms with Crippen molar-refractivity contribution in [1.82, 2.24) is 0 Å². The first-order chi connectivity index (χ1) is 10.6. The Hall–Kier alpha value is -2.31. The van der Waals surface area contributed by atoms with Crippen LogP contribution in [0.4, 0.5) is 11.4 Å². The van der Waals surface area contributed by atoms with Gasteiger partial charge in [0.25, 0.3) is 5.91 Å². The van der Waals surface area contributed by atoms with Crippen molar-refractivity contribution in [3.63, 3.8) is 0 Å². The molecule has 116 valence electrons. The minimum absolute atomic E-state index is 0.131. The van der Waals surface area contributed by atoms with E-state index in [2.05, 4.69) is 10.6 Å². The Morgan fingerprint density at radius 3 is 2.68 bits per heavy atom. The Morgan fingerprint density at radius 1 is 1.23 bits per heavy atom. The van der Waals surface area contributed by atoms with E-state index in [4.69, 9.17) is 21.8 Å². The monoisotopic (exact) mass is 321 g/mol. The standard InChI is InChI=1S/C15H16ClN3O3/c16-11-9-10(18-14(20)4-1-7-17)5-6-12(11)19-15(21)13-3-2-8-22-13/h2-3,5-6,8-9H,1,4,7,17H2,(H,18,20)(H,19,21). The van der Waals surface area contributed by atoms with Gasteiger partial charge in [-0.05, 0) is 43.3 Å². The third-order valence-electron chi connectivity index (χ3n) is 2.85. The van der Waals surface area contributed by atoms with Gasteiger partial charge < -0.3 is 20.8 Å². The molecule has 0 fully saturated rings. The van der Waals surface area contributed by atoms with Gasteiger partial charge in [0.2, 0.25) is 5.91 Å². The number of benzene rings is 1. The van der Waals surface area contributed by atoms with E-state index in [0.29, 0.717) is 35.8 Å². The maximum atomic E-state index is 11.9. The highest BCUT2D eigenvalue weighted by atomic mass is 35.5. The lowest BCUT2D eigenvalue weighted by Crippen LogP contribution is -2.14. The number of carbonyl (C=O) groups excluding carboxylic acids is 2. The number of nitrogens with two attached hydrogens (primary N) is 1. The summed E-state index contributed by atoms with van der Waals surface area (Å²) in [6, 6.07) is 8.01. The normalized spacial score (nSPS) is 10.3. The van der Waals surface area contributed by atoms with Gasteiger partial charge in [0.1, 0.15) is 0 Å². The first-order valence-corrected chi connectivity index (χ1v) is 7.12. The molecular formula is C15H16ClN3O3. The van der Waals surface area contributed by atoms with E-state index < -0.39 is 5.91 Å². The number of amides is 2. The lowest BCUT2D eigenvalue weighted by Gasteiger charge is -2.09. The van der Waals surface area contributed by atoms with Crippen LogP contribution < -0.4 is 16.4 Å². The molecule has 0 aliphatic heterocycles. The van der Waals surface area contributed by atoms with Gasteiger partial charge in [0.15, 0.2) is 5.76 Å². The highest BCUT2D eigenvalue weighted by Crippen LogP contribution is 2.26. The van der Waals surface area contributed by atoms with Gasteiger partial charge in [-0.1, -0.05) is 11.6 Å². The van der Waals surface area contributed by atoms with Crippen LogP contribution in [0.5, 0.6) is 0 Å². The summed E-state index contributed by atoms with van der Waals surface area (Å²) in [7, 11) is 0. The zero-order valence-corrected chi connectivity index (χ0v) is 12.5.